The number of hydrogen-bond acceptors (Lipinski definition) is 6. The first-order valence-electron chi connectivity index (χ1n) is 10.9. The van der Waals surface area contributed by atoms with Crippen LogP contribution in [0.25, 0.3) is 33.7 Å². The normalized spacial score (nSPS) is 16.7. The average molecular weight is 473 g/mol. The van der Waals surface area contributed by atoms with Gasteiger partial charge in [-0.3, -0.25) is 0 Å². The Morgan fingerprint density at radius 1 is 1.06 bits per heavy atom. The summed E-state index contributed by atoms with van der Waals surface area (Å²) in [5, 5.41) is 13.0. The van der Waals surface area contributed by atoms with E-state index in [-0.39, 0.29) is 5.82 Å². The Bertz CT molecular complexity index is 1580. The maximum atomic E-state index is 14.0. The molecule has 5 aromatic rings. The highest BCUT2D eigenvalue weighted by molar-refractivity contribution is 5.77. The quantitative estimate of drug-likeness (QED) is 0.392. The number of hydrogen-bond donors (Lipinski definition) is 1. The summed E-state index contributed by atoms with van der Waals surface area (Å²) in [4.78, 5) is 7.78. The lowest BCUT2D eigenvalue weighted by molar-refractivity contribution is -0.745. The fourth-order valence-electron chi connectivity index (χ4n) is 4.00. The molecular formula is C25H19F2N6O2+. The molecule has 8 nitrogen and oxygen atoms in total. The molecule has 1 atom stereocenters. The summed E-state index contributed by atoms with van der Waals surface area (Å²) >= 11 is 0. The van der Waals surface area contributed by atoms with Gasteiger partial charge in [-0.15, -0.1) is 5.10 Å². The molecule has 10 heteroatoms. The maximum Gasteiger partial charge on any atom is 0.404 e. The summed E-state index contributed by atoms with van der Waals surface area (Å²) in [6.07, 6.45) is 3.47. The summed E-state index contributed by atoms with van der Waals surface area (Å²) in [5.41, 5.74) is 4.72. The highest BCUT2D eigenvalue weighted by Crippen LogP contribution is 2.41. The molecule has 1 N–H and O–H groups in total. The maximum absolute atomic E-state index is 14.0. The number of rotatable bonds is 4. The zero-order valence-corrected chi connectivity index (χ0v) is 18.8. The number of halogens is 2. The molecule has 0 fully saturated rings. The fraction of sp³-hybridized carbons (Fsp3) is 0.160. The zero-order chi connectivity index (χ0) is 24.2. The monoisotopic (exact) mass is 473 g/mol. The Balaban J connectivity index is 1.22. The largest absolute Gasteiger partial charge is 0.423 e. The molecule has 1 aliphatic rings. The van der Waals surface area contributed by atoms with E-state index in [9.17, 15) is 8.78 Å². The van der Waals surface area contributed by atoms with Crippen LogP contribution in [0.1, 0.15) is 18.2 Å². The van der Waals surface area contributed by atoms with Gasteiger partial charge in [-0.1, -0.05) is 16.8 Å². The molecule has 35 heavy (non-hydrogen) atoms. The molecule has 0 aliphatic carbocycles. The van der Waals surface area contributed by atoms with Crippen LogP contribution in [-0.4, -0.2) is 31.3 Å². The standard InChI is InChI=1S/C25H18F2N6O2/c1-14-17(4-3-5-18(14)26)24-29-20-11-28-33(13-21(20)30-24)12-16-7-8-19(32-31-16)15-6-9-22-23(10-15)35-25(2,27)34-22/h3-11,13H,12H2,1-2H3/p+1. The average Bonchev–Trinajstić information content (AvgIpc) is 3.39. The molecule has 0 saturated carbocycles. The predicted octanol–water partition coefficient (Wildman–Crippen LogP) is 4.28. The van der Waals surface area contributed by atoms with Crippen LogP contribution in [0.15, 0.2) is 60.9 Å². The van der Waals surface area contributed by atoms with Gasteiger partial charge in [-0.05, 0) is 54.0 Å². The van der Waals surface area contributed by atoms with E-state index in [0.29, 0.717) is 51.9 Å². The molecule has 0 spiro atoms. The Morgan fingerprint density at radius 3 is 2.74 bits per heavy atom. The van der Waals surface area contributed by atoms with Gasteiger partial charge in [0, 0.05) is 18.1 Å². The number of fused-ring (bicyclic) bond motifs is 2. The van der Waals surface area contributed by atoms with Gasteiger partial charge in [-0.25, -0.2) is 9.37 Å². The number of nitrogens with zero attached hydrogens (tertiary/aromatic N) is 5. The SMILES string of the molecule is Cc1c(F)cccc1-c1nc2cn[n+](Cc3ccc(-c4ccc5c(c4)OC(C)(F)O5)nn3)cc2[nH]1. The number of nitrogens with one attached hydrogen (secondary N) is 1. The van der Waals surface area contributed by atoms with Gasteiger partial charge < -0.3 is 14.5 Å². The van der Waals surface area contributed by atoms with E-state index in [1.807, 2.05) is 24.4 Å². The van der Waals surface area contributed by atoms with Gasteiger partial charge in [-0.2, -0.15) is 9.49 Å². The van der Waals surface area contributed by atoms with Crippen LogP contribution in [0.5, 0.6) is 11.5 Å². The molecule has 3 aromatic heterocycles. The minimum Gasteiger partial charge on any atom is -0.423 e. The van der Waals surface area contributed by atoms with E-state index >= 15 is 0 Å². The van der Waals surface area contributed by atoms with Crippen molar-refractivity contribution < 1.29 is 22.9 Å². The minimum atomic E-state index is -2.17. The van der Waals surface area contributed by atoms with Crippen molar-refractivity contribution in [2.24, 2.45) is 0 Å². The van der Waals surface area contributed by atoms with Gasteiger partial charge in [0.15, 0.2) is 11.5 Å². The summed E-state index contributed by atoms with van der Waals surface area (Å²) in [5.74, 6) is 0.965. The Hall–Kier alpha value is -4.47. The predicted molar refractivity (Wildman–Crippen MR) is 122 cm³/mol. The molecule has 2 aromatic carbocycles. The highest BCUT2D eigenvalue weighted by Gasteiger charge is 2.36. The molecule has 6 rings (SSSR count). The van der Waals surface area contributed by atoms with Crippen molar-refractivity contribution in [3.8, 4) is 34.1 Å². The van der Waals surface area contributed by atoms with Crippen LogP contribution in [0, 0.1) is 12.7 Å². The topological polar surface area (TPSA) is 89.7 Å². The molecule has 0 bridgehead atoms. The van der Waals surface area contributed by atoms with E-state index in [1.54, 1.807) is 42.1 Å². The van der Waals surface area contributed by atoms with Crippen LogP contribution in [0.4, 0.5) is 8.78 Å². The first-order chi connectivity index (χ1) is 16.8. The van der Waals surface area contributed by atoms with Crippen molar-refractivity contribution in [2.75, 3.05) is 0 Å². The van der Waals surface area contributed by atoms with Crippen molar-refractivity contribution in [3.63, 3.8) is 0 Å². The molecule has 174 valence electrons. The summed E-state index contributed by atoms with van der Waals surface area (Å²) in [6, 6.07) is 11.5. The van der Waals surface area contributed by atoms with E-state index in [4.69, 9.17) is 9.47 Å². The third-order valence-electron chi connectivity index (χ3n) is 5.76. The van der Waals surface area contributed by atoms with Gasteiger partial charge in [0.25, 0.3) is 0 Å². The van der Waals surface area contributed by atoms with E-state index in [0.717, 1.165) is 11.1 Å². The molecule has 0 radical (unpaired) electrons. The minimum absolute atomic E-state index is 0.278. The number of ether oxygens (including phenoxy) is 2. The molecule has 1 aliphatic heterocycles. The molecule has 4 heterocycles. The number of H-pyrrole nitrogens is 1. The zero-order valence-electron chi connectivity index (χ0n) is 18.8. The number of benzene rings is 2. The lowest BCUT2D eigenvalue weighted by atomic mass is 10.1. The van der Waals surface area contributed by atoms with Gasteiger partial charge in [0.05, 0.1) is 5.69 Å². The first kappa shape index (κ1) is 21.1. The number of alkyl halides is 1. The van der Waals surface area contributed by atoms with Gasteiger partial charge in [0.2, 0.25) is 12.7 Å². The number of aromatic nitrogens is 6. The summed E-state index contributed by atoms with van der Waals surface area (Å²) in [7, 11) is 0. The summed E-state index contributed by atoms with van der Waals surface area (Å²) in [6.45, 7) is 3.31. The van der Waals surface area contributed by atoms with Gasteiger partial charge in [0.1, 0.15) is 34.6 Å². The van der Waals surface area contributed by atoms with Crippen molar-refractivity contribution >= 4 is 11.0 Å². The molecule has 1 unspecified atom stereocenters. The molecule has 0 amide bonds. The number of aromatic amines is 1. The van der Waals surface area contributed by atoms with Crippen LogP contribution in [-0.2, 0) is 6.54 Å². The third-order valence-corrected chi connectivity index (χ3v) is 5.76. The van der Waals surface area contributed by atoms with E-state index < -0.39 is 6.04 Å². The first-order valence-corrected chi connectivity index (χ1v) is 10.9. The van der Waals surface area contributed by atoms with Crippen molar-refractivity contribution in [2.45, 2.75) is 26.4 Å². The van der Waals surface area contributed by atoms with Crippen molar-refractivity contribution in [1.29, 1.82) is 0 Å². The Kier molecular flexibility index (Phi) is 4.70. The van der Waals surface area contributed by atoms with E-state index in [1.165, 1.54) is 13.0 Å². The van der Waals surface area contributed by atoms with Crippen LogP contribution < -0.4 is 14.2 Å². The Labute approximate surface area is 198 Å². The summed E-state index contributed by atoms with van der Waals surface area (Å²) < 4.78 is 39.8. The second kappa shape index (κ2) is 7.79. The smallest absolute Gasteiger partial charge is 0.404 e. The van der Waals surface area contributed by atoms with Crippen molar-refractivity contribution in [1.82, 2.24) is 25.3 Å². The Morgan fingerprint density at radius 2 is 1.91 bits per heavy atom. The highest BCUT2D eigenvalue weighted by atomic mass is 19.2. The lowest BCUT2D eigenvalue weighted by Gasteiger charge is -2.10. The third kappa shape index (κ3) is 3.92. The van der Waals surface area contributed by atoms with Crippen LogP contribution >= 0.6 is 0 Å². The van der Waals surface area contributed by atoms with Crippen LogP contribution in [0.3, 0.4) is 0 Å². The second-order valence-electron chi connectivity index (χ2n) is 8.38. The fourth-order valence-corrected chi connectivity index (χ4v) is 4.00. The molecule has 0 saturated heterocycles. The van der Waals surface area contributed by atoms with Crippen LogP contribution in [0.2, 0.25) is 0 Å². The molecular weight excluding hydrogens is 454 g/mol. The van der Waals surface area contributed by atoms with Gasteiger partial charge >= 0.3 is 6.04 Å². The van der Waals surface area contributed by atoms with Crippen molar-refractivity contribution in [3.05, 3.63) is 78.0 Å². The number of imidazole rings is 1. The van der Waals surface area contributed by atoms with E-state index in [2.05, 4.69) is 25.3 Å². The lowest BCUT2D eigenvalue weighted by Crippen LogP contribution is -2.38. The second-order valence-corrected chi connectivity index (χ2v) is 8.38.